The molecule has 2 N–H and O–H groups in total. The predicted octanol–water partition coefficient (Wildman–Crippen LogP) is 2.72. The number of nitrogens with zero attached hydrogens (tertiary/aromatic N) is 4. The second-order valence-electron chi connectivity index (χ2n) is 8.63. The summed E-state index contributed by atoms with van der Waals surface area (Å²) in [5.74, 6) is -1.48. The van der Waals surface area contributed by atoms with Crippen molar-refractivity contribution in [2.75, 3.05) is 50.0 Å². The van der Waals surface area contributed by atoms with Gasteiger partial charge in [0, 0.05) is 57.4 Å². The van der Waals surface area contributed by atoms with Crippen LogP contribution in [0.1, 0.15) is 40.5 Å². The van der Waals surface area contributed by atoms with Crippen LogP contribution >= 0.6 is 0 Å². The summed E-state index contributed by atoms with van der Waals surface area (Å²) in [6.07, 6.45) is 1.78. The summed E-state index contributed by atoms with van der Waals surface area (Å²) in [7, 11) is 1.47. The molecule has 1 unspecified atom stereocenters. The van der Waals surface area contributed by atoms with E-state index >= 15 is 4.39 Å². The molecule has 10 heteroatoms. The van der Waals surface area contributed by atoms with E-state index in [-0.39, 0.29) is 23.6 Å². The molecule has 8 nitrogen and oxygen atoms in total. The van der Waals surface area contributed by atoms with Crippen molar-refractivity contribution in [2.45, 2.75) is 25.4 Å². The normalized spacial score (nSPS) is 20.3. The number of carbonyl (C=O) groups is 2. The monoisotopic (exact) mass is 456 g/mol. The Morgan fingerprint density at radius 1 is 1.15 bits per heavy atom. The second-order valence-corrected chi connectivity index (χ2v) is 8.63. The van der Waals surface area contributed by atoms with Gasteiger partial charge in [-0.15, -0.1) is 0 Å². The predicted molar refractivity (Wildman–Crippen MR) is 119 cm³/mol. The van der Waals surface area contributed by atoms with Crippen molar-refractivity contribution in [3.63, 3.8) is 0 Å². The van der Waals surface area contributed by atoms with Gasteiger partial charge in [0.15, 0.2) is 5.82 Å². The summed E-state index contributed by atoms with van der Waals surface area (Å²) >= 11 is 0. The van der Waals surface area contributed by atoms with Gasteiger partial charge in [0.1, 0.15) is 5.69 Å². The lowest BCUT2D eigenvalue weighted by Gasteiger charge is -2.36. The van der Waals surface area contributed by atoms with Gasteiger partial charge in [-0.05, 0) is 25.0 Å². The largest absolute Gasteiger partial charge is 0.365 e. The number of benzene rings is 1. The van der Waals surface area contributed by atoms with E-state index in [1.165, 1.54) is 13.1 Å². The van der Waals surface area contributed by atoms with Crippen LogP contribution < -0.4 is 15.5 Å². The molecule has 4 heterocycles. The minimum Gasteiger partial charge on any atom is -0.365 e. The van der Waals surface area contributed by atoms with E-state index in [4.69, 9.17) is 0 Å². The van der Waals surface area contributed by atoms with E-state index in [9.17, 15) is 14.0 Å². The molecule has 1 aromatic heterocycles. The van der Waals surface area contributed by atoms with Crippen molar-refractivity contribution in [2.24, 2.45) is 0 Å². The molecule has 2 saturated heterocycles. The maximum Gasteiger partial charge on any atom is 0.322 e. The summed E-state index contributed by atoms with van der Waals surface area (Å²) in [6, 6.07) is 6.55. The first kappa shape index (κ1) is 21.6. The van der Waals surface area contributed by atoms with Gasteiger partial charge >= 0.3 is 6.03 Å². The number of carbonyl (C=O) groups excluding carboxylic acids is 2. The molecule has 2 aromatic rings. The summed E-state index contributed by atoms with van der Waals surface area (Å²) in [5, 5.41) is 5.17. The number of fused-ring (bicyclic) bond motifs is 3. The molecule has 0 radical (unpaired) electrons. The molecule has 1 aromatic carbocycles. The van der Waals surface area contributed by atoms with Crippen molar-refractivity contribution in [1.82, 2.24) is 20.1 Å². The van der Waals surface area contributed by atoms with Crippen molar-refractivity contribution in [3.05, 3.63) is 52.9 Å². The third-order valence-corrected chi connectivity index (χ3v) is 6.75. The first-order valence-corrected chi connectivity index (χ1v) is 11.2. The van der Waals surface area contributed by atoms with Gasteiger partial charge < -0.3 is 20.4 Å². The van der Waals surface area contributed by atoms with Crippen LogP contribution in [0, 0.1) is 11.8 Å². The van der Waals surface area contributed by atoms with Gasteiger partial charge in [0.2, 0.25) is 5.95 Å². The first-order valence-electron chi connectivity index (χ1n) is 11.2. The smallest absolute Gasteiger partial charge is 0.322 e. The zero-order valence-electron chi connectivity index (χ0n) is 18.4. The van der Waals surface area contributed by atoms with Crippen molar-refractivity contribution in [1.29, 1.82) is 0 Å². The second kappa shape index (κ2) is 8.58. The van der Waals surface area contributed by atoms with Gasteiger partial charge in [0.05, 0.1) is 17.4 Å². The van der Waals surface area contributed by atoms with E-state index in [0.717, 1.165) is 18.4 Å². The molecule has 33 heavy (non-hydrogen) atoms. The van der Waals surface area contributed by atoms with Crippen LogP contribution in [-0.4, -0.2) is 66.5 Å². The Kier molecular flexibility index (Phi) is 5.61. The quantitative estimate of drug-likeness (QED) is 0.692. The molecule has 0 bridgehead atoms. The number of piperazine rings is 1. The van der Waals surface area contributed by atoms with Crippen molar-refractivity contribution >= 4 is 23.3 Å². The molecule has 1 atom stereocenters. The van der Waals surface area contributed by atoms with E-state index in [1.54, 1.807) is 11.0 Å². The molecule has 174 valence electrons. The fourth-order valence-corrected chi connectivity index (χ4v) is 4.98. The van der Waals surface area contributed by atoms with E-state index < -0.39 is 11.9 Å². The van der Waals surface area contributed by atoms with Crippen molar-refractivity contribution in [3.8, 4) is 0 Å². The number of halogens is 2. The molecule has 3 amide bonds. The molecule has 0 aliphatic carbocycles. The molecule has 3 aliphatic heterocycles. The molecular weight excluding hydrogens is 430 g/mol. The zero-order chi connectivity index (χ0) is 23.1. The van der Waals surface area contributed by atoms with Gasteiger partial charge in [-0.1, -0.05) is 12.1 Å². The molecular formula is C23H26F2N6O2. The van der Waals surface area contributed by atoms with E-state index in [0.29, 0.717) is 56.2 Å². The Hall–Kier alpha value is -3.27. The average Bonchev–Trinajstić information content (AvgIpc) is 3.32. The fourth-order valence-electron chi connectivity index (χ4n) is 4.98. The number of hydrogen-bond donors (Lipinski definition) is 2. The highest BCUT2D eigenvalue weighted by molar-refractivity contribution is 5.94. The number of aromatic nitrogens is 1. The highest BCUT2D eigenvalue weighted by Crippen LogP contribution is 2.41. The number of urea groups is 1. The lowest BCUT2D eigenvalue weighted by Crippen LogP contribution is -2.46. The summed E-state index contributed by atoms with van der Waals surface area (Å²) in [5.41, 5.74) is 2.08. The van der Waals surface area contributed by atoms with Crippen LogP contribution in [0.4, 0.5) is 25.0 Å². The molecule has 5 rings (SSSR count). The van der Waals surface area contributed by atoms with E-state index in [1.807, 2.05) is 17.0 Å². The average molecular weight is 456 g/mol. The molecule has 0 spiro atoms. The van der Waals surface area contributed by atoms with Crippen molar-refractivity contribution < 1.29 is 18.4 Å². The van der Waals surface area contributed by atoms with Gasteiger partial charge in [0.25, 0.3) is 5.91 Å². The zero-order valence-corrected chi connectivity index (χ0v) is 18.4. The lowest BCUT2D eigenvalue weighted by molar-refractivity contribution is 0.0957. The van der Waals surface area contributed by atoms with Gasteiger partial charge in [-0.25, -0.2) is 14.2 Å². The Morgan fingerprint density at radius 2 is 1.94 bits per heavy atom. The number of amides is 3. The molecule has 2 fully saturated rings. The summed E-state index contributed by atoms with van der Waals surface area (Å²) < 4.78 is 29.8. The fraction of sp³-hybridized carbons (Fsp3) is 0.435. The molecule has 0 saturated carbocycles. The lowest BCUT2D eigenvalue weighted by atomic mass is 9.97. The first-order chi connectivity index (χ1) is 16.0. The van der Waals surface area contributed by atoms with E-state index in [2.05, 4.69) is 20.5 Å². The molecule has 3 aliphatic rings. The maximum absolute atomic E-state index is 15.3. The third kappa shape index (κ3) is 3.88. The Labute approximate surface area is 190 Å². The van der Waals surface area contributed by atoms with Gasteiger partial charge in [-0.3, -0.25) is 9.69 Å². The third-order valence-electron chi connectivity index (χ3n) is 6.75. The van der Waals surface area contributed by atoms with Gasteiger partial charge in [-0.2, -0.15) is 4.39 Å². The number of rotatable bonds is 4. The van der Waals surface area contributed by atoms with Crippen LogP contribution in [0.5, 0.6) is 0 Å². The SMILES string of the molecule is CNC(=O)c1ccc(N2CCN(Cc3ccc4c(c3F)NC(=O)N3CCCC43)CC2)c(F)n1. The number of pyridine rings is 1. The summed E-state index contributed by atoms with van der Waals surface area (Å²) in [4.78, 5) is 33.5. The maximum atomic E-state index is 15.3. The topological polar surface area (TPSA) is 80.8 Å². The van der Waals surface area contributed by atoms with Crippen LogP contribution in [0.15, 0.2) is 24.3 Å². The van der Waals surface area contributed by atoms with Crippen LogP contribution in [0.2, 0.25) is 0 Å². The number of nitrogens with one attached hydrogen (secondary N) is 2. The Balaban J connectivity index is 1.25. The van der Waals surface area contributed by atoms with Crippen LogP contribution in [0.25, 0.3) is 0 Å². The van der Waals surface area contributed by atoms with Crippen LogP contribution in [-0.2, 0) is 6.54 Å². The Morgan fingerprint density at radius 3 is 2.67 bits per heavy atom. The van der Waals surface area contributed by atoms with Crippen LogP contribution in [0.3, 0.4) is 0 Å². The Bertz CT molecular complexity index is 1100. The number of anilines is 2. The standard InChI is InChI=1S/C23H26F2N6O2/c1-26-22(32)16-6-7-18(21(25)27-16)30-11-9-29(10-12-30)13-14-4-5-15-17-3-2-8-31(17)23(33)28-20(15)19(14)24/h4-7,17H,2-3,8-13H2,1H3,(H,26,32)(H,28,33). The minimum atomic E-state index is -0.679. The number of hydrogen-bond acceptors (Lipinski definition) is 5. The summed E-state index contributed by atoms with van der Waals surface area (Å²) in [6.45, 7) is 3.46. The minimum absolute atomic E-state index is 0.0353. The highest BCUT2D eigenvalue weighted by atomic mass is 19.1. The highest BCUT2D eigenvalue weighted by Gasteiger charge is 2.37.